The van der Waals surface area contributed by atoms with Gasteiger partial charge in [-0.15, -0.1) is 0 Å². The smallest absolute Gasteiger partial charge is 0.356 e. The van der Waals surface area contributed by atoms with E-state index in [-0.39, 0.29) is 11.0 Å². The van der Waals surface area contributed by atoms with Crippen molar-refractivity contribution in [3.05, 3.63) is 29.3 Å². The molecule has 0 amide bonds. The number of rotatable bonds is 2. The summed E-state index contributed by atoms with van der Waals surface area (Å²) in [5.41, 5.74) is 1.34. The molecular formula is C10H8ClN3O2. The van der Waals surface area contributed by atoms with E-state index in [9.17, 15) is 4.79 Å². The van der Waals surface area contributed by atoms with E-state index in [2.05, 4.69) is 15.0 Å². The van der Waals surface area contributed by atoms with Crippen LogP contribution < -0.4 is 0 Å². The van der Waals surface area contributed by atoms with Crippen molar-refractivity contribution < 1.29 is 9.53 Å². The van der Waals surface area contributed by atoms with Crippen LogP contribution in [0.1, 0.15) is 17.4 Å². The molecule has 0 aromatic carbocycles. The van der Waals surface area contributed by atoms with Gasteiger partial charge in [-0.25, -0.2) is 19.7 Å². The molecule has 0 N–H and O–H groups in total. The Labute approximate surface area is 96.4 Å². The van der Waals surface area contributed by atoms with Gasteiger partial charge in [0.2, 0.25) is 5.28 Å². The first kappa shape index (κ1) is 10.8. The van der Waals surface area contributed by atoms with Crippen LogP contribution in [0.3, 0.4) is 0 Å². The third-order valence-corrected chi connectivity index (χ3v) is 2.08. The molecule has 0 aliphatic carbocycles. The Kier molecular flexibility index (Phi) is 2.96. The highest BCUT2D eigenvalue weighted by atomic mass is 35.5. The molecule has 0 aliphatic heterocycles. The Morgan fingerprint density at radius 2 is 2.19 bits per heavy atom. The fourth-order valence-electron chi connectivity index (χ4n) is 1.22. The van der Waals surface area contributed by atoms with E-state index in [1.807, 2.05) is 0 Å². The zero-order valence-electron chi connectivity index (χ0n) is 8.48. The van der Waals surface area contributed by atoms with Crippen molar-refractivity contribution in [3.8, 4) is 0 Å². The van der Waals surface area contributed by atoms with Gasteiger partial charge in [0.25, 0.3) is 0 Å². The normalized spacial score (nSPS) is 10.4. The summed E-state index contributed by atoms with van der Waals surface area (Å²) in [5, 5.41) is 0.151. The molecule has 0 saturated heterocycles. The molecule has 0 bridgehead atoms. The predicted molar refractivity (Wildman–Crippen MR) is 58.3 cm³/mol. The minimum absolute atomic E-state index is 0.151. The van der Waals surface area contributed by atoms with Gasteiger partial charge >= 0.3 is 5.97 Å². The van der Waals surface area contributed by atoms with Crippen LogP contribution in [0.4, 0.5) is 0 Å². The molecule has 2 rings (SSSR count). The number of carbonyl (C=O) groups excluding carboxylic acids is 1. The van der Waals surface area contributed by atoms with E-state index in [0.717, 1.165) is 0 Å². The average molecular weight is 238 g/mol. The third kappa shape index (κ3) is 2.09. The second-order valence-corrected chi connectivity index (χ2v) is 3.30. The lowest BCUT2D eigenvalue weighted by molar-refractivity contribution is 0.0520. The Morgan fingerprint density at radius 1 is 1.38 bits per heavy atom. The molecule has 0 fully saturated rings. The van der Waals surface area contributed by atoms with Gasteiger partial charge < -0.3 is 4.74 Å². The number of hydrogen-bond acceptors (Lipinski definition) is 5. The Morgan fingerprint density at radius 3 is 2.94 bits per heavy atom. The van der Waals surface area contributed by atoms with Crippen molar-refractivity contribution in [1.29, 1.82) is 0 Å². The van der Waals surface area contributed by atoms with Crippen LogP contribution in [0.2, 0.25) is 5.28 Å². The molecular weight excluding hydrogens is 230 g/mol. The van der Waals surface area contributed by atoms with Crippen LogP contribution in [-0.4, -0.2) is 27.5 Å². The molecule has 0 spiro atoms. The van der Waals surface area contributed by atoms with Crippen LogP contribution in [0.5, 0.6) is 0 Å². The number of hydrogen-bond donors (Lipinski definition) is 0. The van der Waals surface area contributed by atoms with Crippen LogP contribution >= 0.6 is 11.6 Å². The van der Waals surface area contributed by atoms with Crippen molar-refractivity contribution in [3.63, 3.8) is 0 Å². The molecule has 0 atom stereocenters. The quantitative estimate of drug-likeness (QED) is 0.589. The predicted octanol–water partition coefficient (Wildman–Crippen LogP) is 1.85. The monoisotopic (exact) mass is 237 g/mol. The molecule has 82 valence electrons. The molecule has 0 radical (unpaired) electrons. The summed E-state index contributed by atoms with van der Waals surface area (Å²) in [4.78, 5) is 23.2. The number of halogens is 1. The fourth-order valence-corrected chi connectivity index (χ4v) is 1.36. The van der Waals surface area contributed by atoms with Crippen molar-refractivity contribution in [2.24, 2.45) is 0 Å². The maximum Gasteiger partial charge on any atom is 0.356 e. The number of nitrogens with zero attached hydrogens (tertiary/aromatic N) is 3. The largest absolute Gasteiger partial charge is 0.461 e. The second-order valence-electron chi connectivity index (χ2n) is 2.96. The summed E-state index contributed by atoms with van der Waals surface area (Å²) in [5.74, 6) is -0.459. The maximum atomic E-state index is 11.4. The standard InChI is InChI=1S/C10H8ClN3O2/c1-2-16-9(15)7-4-3-6-8(13-7)5-12-10(11)14-6/h3-5H,2H2,1H3. The first-order valence-corrected chi connectivity index (χ1v) is 5.05. The van der Waals surface area contributed by atoms with E-state index in [4.69, 9.17) is 16.3 Å². The van der Waals surface area contributed by atoms with Gasteiger partial charge in [0.05, 0.1) is 18.3 Å². The summed E-state index contributed by atoms with van der Waals surface area (Å²) >= 11 is 5.63. The van der Waals surface area contributed by atoms with Crippen molar-refractivity contribution >= 4 is 28.6 Å². The van der Waals surface area contributed by atoms with E-state index in [0.29, 0.717) is 17.6 Å². The second kappa shape index (κ2) is 4.40. The summed E-state index contributed by atoms with van der Waals surface area (Å²) in [6.07, 6.45) is 1.47. The molecule has 0 aliphatic rings. The van der Waals surface area contributed by atoms with Gasteiger partial charge in [-0.3, -0.25) is 0 Å². The summed E-state index contributed by atoms with van der Waals surface area (Å²) < 4.78 is 4.83. The highest BCUT2D eigenvalue weighted by Crippen LogP contribution is 2.11. The first-order valence-electron chi connectivity index (χ1n) is 4.67. The Hall–Kier alpha value is -1.75. The Bertz CT molecular complexity index is 545. The molecule has 0 unspecified atom stereocenters. The zero-order chi connectivity index (χ0) is 11.5. The summed E-state index contributed by atoms with van der Waals surface area (Å²) in [7, 11) is 0. The minimum Gasteiger partial charge on any atom is -0.461 e. The highest BCUT2D eigenvalue weighted by Gasteiger charge is 2.09. The van der Waals surface area contributed by atoms with Crippen LogP contribution in [-0.2, 0) is 4.74 Å². The lowest BCUT2D eigenvalue weighted by atomic mass is 10.3. The number of aromatic nitrogens is 3. The SMILES string of the molecule is CCOC(=O)c1ccc2nc(Cl)ncc2n1. The lowest BCUT2D eigenvalue weighted by Crippen LogP contribution is -2.07. The summed E-state index contributed by atoms with van der Waals surface area (Å²) in [6.45, 7) is 2.05. The third-order valence-electron chi connectivity index (χ3n) is 1.89. The number of carbonyl (C=O) groups is 1. The number of pyridine rings is 1. The lowest BCUT2D eigenvalue weighted by Gasteiger charge is -2.02. The number of ether oxygens (including phenoxy) is 1. The minimum atomic E-state index is -0.459. The van der Waals surface area contributed by atoms with Crippen molar-refractivity contribution in [1.82, 2.24) is 15.0 Å². The van der Waals surface area contributed by atoms with Gasteiger partial charge in [0.15, 0.2) is 0 Å². The van der Waals surface area contributed by atoms with Gasteiger partial charge in [0, 0.05) is 0 Å². The molecule has 16 heavy (non-hydrogen) atoms. The van der Waals surface area contributed by atoms with Crippen LogP contribution in [0, 0.1) is 0 Å². The molecule has 0 saturated carbocycles. The first-order chi connectivity index (χ1) is 7.70. The molecule has 2 heterocycles. The fraction of sp³-hybridized carbons (Fsp3) is 0.200. The van der Waals surface area contributed by atoms with E-state index >= 15 is 0 Å². The van der Waals surface area contributed by atoms with Crippen LogP contribution in [0.15, 0.2) is 18.3 Å². The molecule has 2 aromatic heterocycles. The van der Waals surface area contributed by atoms with Crippen molar-refractivity contribution in [2.75, 3.05) is 6.61 Å². The topological polar surface area (TPSA) is 65.0 Å². The maximum absolute atomic E-state index is 11.4. The summed E-state index contributed by atoms with van der Waals surface area (Å²) in [6, 6.07) is 3.20. The number of esters is 1. The average Bonchev–Trinajstić information content (AvgIpc) is 2.28. The molecule has 6 heteroatoms. The molecule has 5 nitrogen and oxygen atoms in total. The van der Waals surface area contributed by atoms with E-state index in [1.54, 1.807) is 19.1 Å². The number of fused-ring (bicyclic) bond motifs is 1. The van der Waals surface area contributed by atoms with E-state index in [1.165, 1.54) is 6.20 Å². The van der Waals surface area contributed by atoms with Gasteiger partial charge in [0.1, 0.15) is 11.2 Å². The van der Waals surface area contributed by atoms with Gasteiger partial charge in [-0.2, -0.15) is 0 Å². The Balaban J connectivity index is 2.44. The van der Waals surface area contributed by atoms with E-state index < -0.39 is 5.97 Å². The van der Waals surface area contributed by atoms with Crippen molar-refractivity contribution in [2.45, 2.75) is 6.92 Å². The van der Waals surface area contributed by atoms with Crippen LogP contribution in [0.25, 0.3) is 11.0 Å². The van der Waals surface area contributed by atoms with Gasteiger partial charge in [-0.05, 0) is 30.7 Å². The zero-order valence-corrected chi connectivity index (χ0v) is 9.23. The highest BCUT2D eigenvalue weighted by molar-refractivity contribution is 6.28. The van der Waals surface area contributed by atoms with Gasteiger partial charge in [-0.1, -0.05) is 0 Å². The molecule has 2 aromatic rings.